The van der Waals surface area contributed by atoms with E-state index in [0.29, 0.717) is 18.3 Å². The second-order valence-corrected chi connectivity index (χ2v) is 6.99. The highest BCUT2D eigenvalue weighted by atomic mass is 35.5. The summed E-state index contributed by atoms with van der Waals surface area (Å²) in [5.41, 5.74) is 0.530. The summed E-state index contributed by atoms with van der Waals surface area (Å²) in [5, 5.41) is 10.8. The van der Waals surface area contributed by atoms with Crippen LogP contribution in [0.1, 0.15) is 49.1 Å². The van der Waals surface area contributed by atoms with Crippen LogP contribution in [-0.2, 0) is 0 Å². The molecule has 2 aliphatic heterocycles. The minimum absolute atomic E-state index is 0. The van der Waals surface area contributed by atoms with Crippen LogP contribution in [0.2, 0.25) is 0 Å². The molecule has 0 saturated carbocycles. The summed E-state index contributed by atoms with van der Waals surface area (Å²) >= 11 is 0. The lowest BCUT2D eigenvalue weighted by molar-refractivity contribution is 0.0937. The Balaban J connectivity index is 0.00000208. The maximum absolute atomic E-state index is 12.2. The molecule has 1 amide bonds. The van der Waals surface area contributed by atoms with Crippen molar-refractivity contribution in [2.24, 2.45) is 5.92 Å². The Bertz CT molecular complexity index is 515. The zero-order chi connectivity index (χ0) is 16.1. The normalized spacial score (nSPS) is 25.0. The first kappa shape index (κ1) is 19.2. The van der Waals surface area contributed by atoms with Crippen molar-refractivity contribution in [1.82, 2.24) is 25.3 Å². The number of nitrogens with one attached hydrogen (secondary N) is 2. The fraction of sp³-hybridized carbons (Fsp3) is 0.765. The predicted molar refractivity (Wildman–Crippen MR) is 97.8 cm³/mol. The van der Waals surface area contributed by atoms with Crippen LogP contribution in [0.3, 0.4) is 0 Å². The van der Waals surface area contributed by atoms with Gasteiger partial charge in [0.05, 0.1) is 6.04 Å². The number of likely N-dealkylation sites (tertiary alicyclic amines) is 1. The Kier molecular flexibility index (Phi) is 7.52. The van der Waals surface area contributed by atoms with Crippen LogP contribution < -0.4 is 10.6 Å². The van der Waals surface area contributed by atoms with Gasteiger partial charge < -0.3 is 15.5 Å². The quantitative estimate of drug-likeness (QED) is 0.843. The number of aromatic nitrogens is 2. The lowest BCUT2D eigenvalue weighted by Gasteiger charge is -2.30. The van der Waals surface area contributed by atoms with Gasteiger partial charge in [-0.1, -0.05) is 6.92 Å². The summed E-state index contributed by atoms with van der Waals surface area (Å²) in [6, 6.07) is 2.20. The lowest BCUT2D eigenvalue weighted by Crippen LogP contribution is -2.40. The van der Waals surface area contributed by atoms with Crippen molar-refractivity contribution in [3.63, 3.8) is 0 Å². The van der Waals surface area contributed by atoms with Gasteiger partial charge in [-0.3, -0.25) is 9.48 Å². The molecular formula is C17H30ClN5O. The minimum atomic E-state index is -0.0578. The molecule has 0 bridgehead atoms. The topological polar surface area (TPSA) is 62.2 Å². The number of hydrogen-bond donors (Lipinski definition) is 2. The molecule has 136 valence electrons. The van der Waals surface area contributed by atoms with Gasteiger partial charge in [0.25, 0.3) is 5.91 Å². The first-order chi connectivity index (χ1) is 11.2. The molecule has 3 rings (SSSR count). The van der Waals surface area contributed by atoms with Crippen LogP contribution in [0.25, 0.3) is 0 Å². The molecule has 2 saturated heterocycles. The van der Waals surface area contributed by atoms with E-state index in [9.17, 15) is 4.79 Å². The van der Waals surface area contributed by atoms with Gasteiger partial charge in [0.15, 0.2) is 0 Å². The van der Waals surface area contributed by atoms with E-state index in [4.69, 9.17) is 0 Å². The van der Waals surface area contributed by atoms with Gasteiger partial charge in [0.1, 0.15) is 5.69 Å². The van der Waals surface area contributed by atoms with E-state index >= 15 is 0 Å². The third-order valence-corrected chi connectivity index (χ3v) is 4.94. The maximum Gasteiger partial charge on any atom is 0.271 e. The van der Waals surface area contributed by atoms with E-state index in [1.807, 2.05) is 16.9 Å². The van der Waals surface area contributed by atoms with Gasteiger partial charge in [-0.05, 0) is 50.8 Å². The van der Waals surface area contributed by atoms with Gasteiger partial charge in [-0.15, -0.1) is 12.4 Å². The molecule has 1 aromatic heterocycles. The standard InChI is InChI=1S/C17H29N5O.ClH/c1-14-4-3-9-21(13-14)11-8-19-17(23)16-6-10-22(20-16)15-5-2-7-18-12-15;/h6,10,14-15,18H,2-5,7-9,11-13H2,1H3,(H,19,23);1H. The molecular weight excluding hydrogens is 326 g/mol. The number of piperidine rings is 2. The fourth-order valence-electron chi connectivity index (χ4n) is 3.63. The number of halogens is 1. The van der Waals surface area contributed by atoms with Crippen molar-refractivity contribution in [2.75, 3.05) is 39.3 Å². The third kappa shape index (κ3) is 5.19. The third-order valence-electron chi connectivity index (χ3n) is 4.94. The summed E-state index contributed by atoms with van der Waals surface area (Å²) < 4.78 is 1.94. The van der Waals surface area contributed by atoms with Gasteiger partial charge in [-0.25, -0.2) is 0 Å². The van der Waals surface area contributed by atoms with Crippen LogP contribution in [0.5, 0.6) is 0 Å². The highest BCUT2D eigenvalue weighted by molar-refractivity contribution is 5.92. The summed E-state index contributed by atoms with van der Waals surface area (Å²) in [6.45, 7) is 8.27. The largest absolute Gasteiger partial charge is 0.349 e. The highest BCUT2D eigenvalue weighted by Crippen LogP contribution is 2.16. The summed E-state index contributed by atoms with van der Waals surface area (Å²) in [5.74, 6) is 0.719. The number of hydrogen-bond acceptors (Lipinski definition) is 4. The molecule has 2 N–H and O–H groups in total. The number of nitrogens with zero attached hydrogens (tertiary/aromatic N) is 3. The van der Waals surface area contributed by atoms with Crippen LogP contribution in [-0.4, -0.2) is 59.9 Å². The Morgan fingerprint density at radius 2 is 2.29 bits per heavy atom. The van der Waals surface area contributed by atoms with Crippen molar-refractivity contribution in [1.29, 1.82) is 0 Å². The molecule has 2 aliphatic rings. The van der Waals surface area contributed by atoms with E-state index in [2.05, 4.69) is 27.6 Å². The van der Waals surface area contributed by atoms with Gasteiger partial charge in [0.2, 0.25) is 0 Å². The average molecular weight is 356 g/mol. The van der Waals surface area contributed by atoms with E-state index in [0.717, 1.165) is 45.1 Å². The number of rotatable bonds is 5. The molecule has 2 atom stereocenters. The number of carbonyl (C=O) groups excluding carboxylic acids is 1. The molecule has 0 aromatic carbocycles. The SMILES string of the molecule is CC1CCCN(CCNC(=O)c2ccn(C3CCCNC3)n2)C1.Cl. The van der Waals surface area contributed by atoms with Crippen LogP contribution in [0.4, 0.5) is 0 Å². The predicted octanol–water partition coefficient (Wildman–Crippen LogP) is 1.69. The van der Waals surface area contributed by atoms with E-state index < -0.39 is 0 Å². The molecule has 7 heteroatoms. The summed E-state index contributed by atoms with van der Waals surface area (Å²) in [4.78, 5) is 14.7. The fourth-order valence-corrected chi connectivity index (χ4v) is 3.63. The van der Waals surface area contributed by atoms with E-state index in [1.165, 1.54) is 19.3 Å². The van der Waals surface area contributed by atoms with Gasteiger partial charge in [0, 0.05) is 32.4 Å². The van der Waals surface area contributed by atoms with Crippen LogP contribution >= 0.6 is 12.4 Å². The Hall–Kier alpha value is -1.11. The monoisotopic (exact) mass is 355 g/mol. The highest BCUT2D eigenvalue weighted by Gasteiger charge is 2.18. The van der Waals surface area contributed by atoms with Crippen molar-refractivity contribution < 1.29 is 4.79 Å². The smallest absolute Gasteiger partial charge is 0.271 e. The Morgan fingerprint density at radius 1 is 1.42 bits per heavy atom. The second-order valence-electron chi connectivity index (χ2n) is 6.99. The van der Waals surface area contributed by atoms with Crippen LogP contribution in [0, 0.1) is 5.92 Å². The van der Waals surface area contributed by atoms with E-state index in [-0.39, 0.29) is 18.3 Å². The van der Waals surface area contributed by atoms with E-state index in [1.54, 1.807) is 0 Å². The maximum atomic E-state index is 12.2. The van der Waals surface area contributed by atoms with Crippen molar-refractivity contribution in [2.45, 2.75) is 38.6 Å². The van der Waals surface area contributed by atoms with Crippen molar-refractivity contribution in [3.8, 4) is 0 Å². The molecule has 6 nitrogen and oxygen atoms in total. The minimum Gasteiger partial charge on any atom is -0.349 e. The van der Waals surface area contributed by atoms with Crippen LogP contribution in [0.15, 0.2) is 12.3 Å². The summed E-state index contributed by atoms with van der Waals surface area (Å²) in [6.07, 6.45) is 6.83. The molecule has 24 heavy (non-hydrogen) atoms. The zero-order valence-electron chi connectivity index (χ0n) is 14.5. The molecule has 2 fully saturated rings. The first-order valence-electron chi connectivity index (χ1n) is 8.99. The average Bonchev–Trinajstić information content (AvgIpc) is 3.06. The molecule has 1 aromatic rings. The molecule has 3 heterocycles. The Labute approximate surface area is 150 Å². The van der Waals surface area contributed by atoms with Gasteiger partial charge in [-0.2, -0.15) is 5.10 Å². The van der Waals surface area contributed by atoms with Crippen molar-refractivity contribution >= 4 is 18.3 Å². The number of carbonyl (C=O) groups is 1. The molecule has 2 unspecified atom stereocenters. The zero-order valence-corrected chi connectivity index (χ0v) is 15.4. The van der Waals surface area contributed by atoms with Gasteiger partial charge >= 0.3 is 0 Å². The lowest BCUT2D eigenvalue weighted by atomic mass is 10.0. The second kappa shape index (κ2) is 9.39. The first-order valence-corrected chi connectivity index (χ1v) is 8.99. The Morgan fingerprint density at radius 3 is 3.04 bits per heavy atom. The molecule has 0 aliphatic carbocycles. The molecule has 0 radical (unpaired) electrons. The van der Waals surface area contributed by atoms with Crippen molar-refractivity contribution in [3.05, 3.63) is 18.0 Å². The summed E-state index contributed by atoms with van der Waals surface area (Å²) in [7, 11) is 0. The molecule has 0 spiro atoms. The number of amides is 1.